The van der Waals surface area contributed by atoms with Crippen LogP contribution in [0.5, 0.6) is 5.75 Å². The summed E-state index contributed by atoms with van der Waals surface area (Å²) in [5, 5.41) is 7.28. The van der Waals surface area contributed by atoms with Gasteiger partial charge in [-0.25, -0.2) is 4.79 Å². The van der Waals surface area contributed by atoms with E-state index in [9.17, 15) is 4.79 Å². The van der Waals surface area contributed by atoms with Crippen molar-refractivity contribution in [1.82, 2.24) is 0 Å². The van der Waals surface area contributed by atoms with Crippen LogP contribution in [0, 0.1) is 6.92 Å². The quantitative estimate of drug-likeness (QED) is 0.567. The lowest BCUT2D eigenvalue weighted by Gasteiger charge is -2.21. The maximum atomic E-state index is 11.9. The SMILES string of the molecule is COC(=O)c1cc(C)sc1NC(=S)Nc1cc(C(C)(C)C)ccc1OC. The van der Waals surface area contributed by atoms with Gasteiger partial charge in [0.25, 0.3) is 0 Å². The Labute approximate surface area is 163 Å². The van der Waals surface area contributed by atoms with Gasteiger partial charge in [-0.2, -0.15) is 0 Å². The second-order valence-corrected chi connectivity index (χ2v) is 8.50. The Kier molecular flexibility index (Phi) is 6.26. The summed E-state index contributed by atoms with van der Waals surface area (Å²) in [4.78, 5) is 12.9. The first kappa shape index (κ1) is 20.2. The van der Waals surface area contributed by atoms with Crippen molar-refractivity contribution in [3.63, 3.8) is 0 Å². The molecule has 1 aromatic carbocycles. The van der Waals surface area contributed by atoms with Crippen LogP contribution in [0.25, 0.3) is 0 Å². The predicted octanol–water partition coefficient (Wildman–Crippen LogP) is 4.96. The van der Waals surface area contributed by atoms with Gasteiger partial charge in [-0.05, 0) is 48.3 Å². The number of esters is 1. The first-order chi connectivity index (χ1) is 12.2. The molecule has 26 heavy (non-hydrogen) atoms. The Hall–Kier alpha value is -2.12. The lowest BCUT2D eigenvalue weighted by molar-refractivity contribution is 0.0602. The normalized spacial score (nSPS) is 11.0. The molecule has 0 radical (unpaired) electrons. The van der Waals surface area contributed by atoms with E-state index in [2.05, 4.69) is 31.4 Å². The summed E-state index contributed by atoms with van der Waals surface area (Å²) in [6, 6.07) is 7.76. The summed E-state index contributed by atoms with van der Waals surface area (Å²) < 4.78 is 10.2. The molecule has 0 bridgehead atoms. The Morgan fingerprint density at radius 2 is 1.85 bits per heavy atom. The molecule has 2 aromatic rings. The van der Waals surface area contributed by atoms with E-state index in [0.29, 0.717) is 21.4 Å². The van der Waals surface area contributed by atoms with Crippen LogP contribution >= 0.6 is 23.6 Å². The van der Waals surface area contributed by atoms with E-state index in [0.717, 1.165) is 16.1 Å². The highest BCUT2D eigenvalue weighted by Gasteiger charge is 2.18. The highest BCUT2D eigenvalue weighted by atomic mass is 32.1. The van der Waals surface area contributed by atoms with Crippen LogP contribution in [-0.2, 0) is 10.2 Å². The van der Waals surface area contributed by atoms with Crippen molar-refractivity contribution in [3.8, 4) is 5.75 Å². The average molecular weight is 393 g/mol. The summed E-state index contributed by atoms with van der Waals surface area (Å²) in [5.74, 6) is 0.296. The van der Waals surface area contributed by atoms with Crippen LogP contribution in [0.15, 0.2) is 24.3 Å². The highest BCUT2D eigenvalue weighted by Crippen LogP contribution is 2.32. The fourth-order valence-electron chi connectivity index (χ4n) is 2.40. The number of thiophene rings is 1. The standard InChI is InChI=1S/C19H24N2O3S2/c1-11-9-13(17(22)24-6)16(26-11)21-18(25)20-14-10-12(19(2,3)4)7-8-15(14)23-5/h7-10H,1-6H3,(H2,20,21,25). The molecule has 5 nitrogen and oxygen atoms in total. The third kappa shape index (κ3) is 4.74. The molecule has 1 aromatic heterocycles. The molecule has 140 valence electrons. The summed E-state index contributed by atoms with van der Waals surface area (Å²) >= 11 is 6.87. The van der Waals surface area contributed by atoms with Gasteiger partial charge in [0, 0.05) is 4.88 Å². The molecule has 1 heterocycles. The molecule has 2 rings (SSSR count). The lowest BCUT2D eigenvalue weighted by Crippen LogP contribution is -2.21. The largest absolute Gasteiger partial charge is 0.495 e. The summed E-state index contributed by atoms with van der Waals surface area (Å²) in [6.07, 6.45) is 0. The Balaban J connectivity index is 2.24. The Morgan fingerprint density at radius 3 is 2.42 bits per heavy atom. The first-order valence-electron chi connectivity index (χ1n) is 8.11. The van der Waals surface area contributed by atoms with E-state index in [1.54, 1.807) is 13.2 Å². The summed E-state index contributed by atoms with van der Waals surface area (Å²) in [7, 11) is 2.98. The van der Waals surface area contributed by atoms with Crippen molar-refractivity contribution in [2.45, 2.75) is 33.1 Å². The van der Waals surface area contributed by atoms with Crippen LogP contribution in [0.4, 0.5) is 10.7 Å². The van der Waals surface area contributed by atoms with Crippen LogP contribution in [0.3, 0.4) is 0 Å². The maximum absolute atomic E-state index is 11.9. The van der Waals surface area contributed by atoms with Gasteiger partial charge in [0.15, 0.2) is 5.11 Å². The number of ether oxygens (including phenoxy) is 2. The Morgan fingerprint density at radius 1 is 1.15 bits per heavy atom. The zero-order valence-electron chi connectivity index (χ0n) is 15.9. The van der Waals surface area contributed by atoms with E-state index in [-0.39, 0.29) is 5.41 Å². The van der Waals surface area contributed by atoms with Crippen molar-refractivity contribution in [2.75, 3.05) is 24.9 Å². The number of nitrogens with one attached hydrogen (secondary N) is 2. The fraction of sp³-hybridized carbons (Fsp3) is 0.368. The Bertz CT molecular complexity index is 823. The number of aryl methyl sites for hydroxylation is 1. The topological polar surface area (TPSA) is 59.6 Å². The smallest absolute Gasteiger partial charge is 0.340 e. The number of benzene rings is 1. The first-order valence-corrected chi connectivity index (χ1v) is 9.33. The number of hydrogen-bond donors (Lipinski definition) is 2. The van der Waals surface area contributed by atoms with E-state index in [1.807, 2.05) is 25.1 Å². The number of hydrogen-bond acceptors (Lipinski definition) is 5. The molecule has 0 unspecified atom stereocenters. The zero-order chi connectivity index (χ0) is 19.5. The molecule has 0 fully saturated rings. The molecule has 0 saturated carbocycles. The lowest BCUT2D eigenvalue weighted by atomic mass is 9.87. The number of anilines is 2. The van der Waals surface area contributed by atoms with Gasteiger partial charge < -0.3 is 20.1 Å². The summed E-state index contributed by atoms with van der Waals surface area (Å²) in [5.41, 5.74) is 2.39. The molecule has 0 amide bonds. The van der Waals surface area contributed by atoms with Crippen molar-refractivity contribution in [2.24, 2.45) is 0 Å². The minimum absolute atomic E-state index is 0.000661. The molecule has 0 spiro atoms. The third-order valence-electron chi connectivity index (χ3n) is 3.80. The van der Waals surface area contributed by atoms with Crippen molar-refractivity contribution >= 4 is 45.3 Å². The van der Waals surface area contributed by atoms with Gasteiger partial charge in [0.05, 0.1) is 25.5 Å². The second-order valence-electron chi connectivity index (χ2n) is 6.84. The zero-order valence-corrected chi connectivity index (χ0v) is 17.5. The monoisotopic (exact) mass is 392 g/mol. The van der Waals surface area contributed by atoms with E-state index < -0.39 is 5.97 Å². The van der Waals surface area contributed by atoms with Gasteiger partial charge in [-0.15, -0.1) is 11.3 Å². The van der Waals surface area contributed by atoms with E-state index in [1.165, 1.54) is 18.4 Å². The molecule has 2 N–H and O–H groups in total. The molecule has 0 saturated heterocycles. The van der Waals surface area contributed by atoms with Crippen LogP contribution in [0.1, 0.15) is 41.6 Å². The van der Waals surface area contributed by atoms with E-state index >= 15 is 0 Å². The molecule has 0 aliphatic heterocycles. The van der Waals surface area contributed by atoms with E-state index in [4.69, 9.17) is 21.7 Å². The second kappa shape index (κ2) is 8.05. The fourth-order valence-corrected chi connectivity index (χ4v) is 3.58. The van der Waals surface area contributed by atoms with Crippen LogP contribution in [-0.4, -0.2) is 25.3 Å². The molecular weight excluding hydrogens is 368 g/mol. The molecule has 0 atom stereocenters. The van der Waals surface area contributed by atoms with Gasteiger partial charge in [-0.1, -0.05) is 26.8 Å². The molecule has 0 aliphatic carbocycles. The number of rotatable bonds is 4. The van der Waals surface area contributed by atoms with Crippen molar-refractivity contribution < 1.29 is 14.3 Å². The third-order valence-corrected chi connectivity index (χ3v) is 4.97. The maximum Gasteiger partial charge on any atom is 0.340 e. The molecule has 0 aliphatic rings. The molecule has 7 heteroatoms. The minimum atomic E-state index is -0.396. The average Bonchev–Trinajstić information content (AvgIpc) is 2.93. The summed E-state index contributed by atoms with van der Waals surface area (Å²) in [6.45, 7) is 8.36. The predicted molar refractivity (Wildman–Crippen MR) is 112 cm³/mol. The van der Waals surface area contributed by atoms with Gasteiger partial charge in [-0.3, -0.25) is 0 Å². The van der Waals surface area contributed by atoms with Gasteiger partial charge in [0.1, 0.15) is 10.8 Å². The number of methoxy groups -OCH3 is 2. The number of carbonyl (C=O) groups excluding carboxylic acids is 1. The van der Waals surface area contributed by atoms with Crippen molar-refractivity contribution in [1.29, 1.82) is 0 Å². The molecular formula is C19H24N2O3S2. The van der Waals surface area contributed by atoms with Gasteiger partial charge in [0.2, 0.25) is 0 Å². The van der Waals surface area contributed by atoms with Crippen molar-refractivity contribution in [3.05, 3.63) is 40.3 Å². The minimum Gasteiger partial charge on any atom is -0.495 e. The van der Waals surface area contributed by atoms with Gasteiger partial charge >= 0.3 is 5.97 Å². The number of carbonyl (C=O) groups is 1. The van der Waals surface area contributed by atoms with Crippen LogP contribution in [0.2, 0.25) is 0 Å². The van der Waals surface area contributed by atoms with Crippen LogP contribution < -0.4 is 15.4 Å². The highest BCUT2D eigenvalue weighted by molar-refractivity contribution is 7.80. The number of thiocarbonyl (C=S) groups is 1.